The number of carbonyl (C=O) groups is 1. The summed E-state index contributed by atoms with van der Waals surface area (Å²) in [5, 5.41) is 0.359. The van der Waals surface area contributed by atoms with Crippen LogP contribution in [0.1, 0.15) is 20.8 Å². The van der Waals surface area contributed by atoms with Crippen LogP contribution in [-0.2, 0) is 16.1 Å². The van der Waals surface area contributed by atoms with Gasteiger partial charge in [0.1, 0.15) is 5.60 Å². The fourth-order valence-corrected chi connectivity index (χ4v) is 2.05. The fraction of sp³-hybridized carbons (Fsp3) is 0.385. The molecule has 0 bridgehead atoms. The predicted molar refractivity (Wildman–Crippen MR) is 72.5 cm³/mol. The van der Waals surface area contributed by atoms with Gasteiger partial charge >= 0.3 is 11.7 Å². The molecular formula is C13H15N3O4. The zero-order valence-corrected chi connectivity index (χ0v) is 11.5. The molecule has 2 heterocycles. The lowest BCUT2D eigenvalue weighted by molar-refractivity contribution is -0.154. The van der Waals surface area contributed by atoms with Gasteiger partial charge < -0.3 is 9.72 Å². The van der Waals surface area contributed by atoms with Gasteiger partial charge in [-0.05, 0) is 19.9 Å². The van der Waals surface area contributed by atoms with Gasteiger partial charge in [-0.15, -0.1) is 0 Å². The van der Waals surface area contributed by atoms with Crippen LogP contribution >= 0.6 is 0 Å². The minimum atomic E-state index is -0.955. The van der Waals surface area contributed by atoms with Crippen molar-refractivity contribution in [2.24, 2.45) is 0 Å². The molecule has 0 spiro atoms. The van der Waals surface area contributed by atoms with E-state index in [2.05, 4.69) is 9.97 Å². The average Bonchev–Trinajstić information content (AvgIpc) is 2.33. The van der Waals surface area contributed by atoms with Crippen molar-refractivity contribution in [3.05, 3.63) is 39.3 Å². The van der Waals surface area contributed by atoms with Gasteiger partial charge in [0.05, 0.1) is 23.6 Å². The van der Waals surface area contributed by atoms with Crippen molar-refractivity contribution in [3.63, 3.8) is 0 Å². The van der Waals surface area contributed by atoms with E-state index in [-0.39, 0.29) is 6.54 Å². The summed E-state index contributed by atoms with van der Waals surface area (Å²) in [7, 11) is 0. The predicted octanol–water partition coefficient (Wildman–Crippen LogP) is 0.426. The van der Waals surface area contributed by atoms with E-state index in [0.717, 1.165) is 4.57 Å². The number of hydrogen-bond acceptors (Lipinski definition) is 5. The highest BCUT2D eigenvalue weighted by Gasteiger charge is 2.24. The molecule has 0 fully saturated rings. The molecule has 0 atom stereocenters. The number of esters is 1. The zero-order valence-electron chi connectivity index (χ0n) is 11.5. The Bertz CT molecular complexity index is 773. The topological polar surface area (TPSA) is 94.1 Å². The van der Waals surface area contributed by atoms with Gasteiger partial charge in [-0.3, -0.25) is 19.1 Å². The number of fused-ring (bicyclic) bond motifs is 1. The molecule has 0 aliphatic heterocycles. The third-order valence-electron chi connectivity index (χ3n) is 2.74. The Balaban J connectivity index is 2.53. The number of nitrogens with zero attached hydrogens (tertiary/aromatic N) is 2. The molecule has 2 rings (SSSR count). The van der Waals surface area contributed by atoms with Gasteiger partial charge in [-0.1, -0.05) is 0 Å². The minimum absolute atomic E-state index is 0.0288. The summed E-state index contributed by atoms with van der Waals surface area (Å²) in [5.41, 5.74) is -1.57. The maximum atomic E-state index is 12.3. The van der Waals surface area contributed by atoms with Crippen LogP contribution in [0.3, 0.4) is 0 Å². The van der Waals surface area contributed by atoms with Crippen LogP contribution in [0.5, 0.6) is 0 Å². The second kappa shape index (κ2) is 4.92. The first-order valence-corrected chi connectivity index (χ1v) is 6.06. The number of rotatable bonds is 3. The maximum Gasteiger partial charge on any atom is 0.329 e. The van der Waals surface area contributed by atoms with Crippen molar-refractivity contribution in [2.45, 2.75) is 32.9 Å². The Morgan fingerprint density at radius 2 is 2.15 bits per heavy atom. The number of aromatic nitrogens is 3. The summed E-state index contributed by atoms with van der Waals surface area (Å²) in [4.78, 5) is 41.7. The molecule has 7 heteroatoms. The van der Waals surface area contributed by atoms with Gasteiger partial charge in [0.2, 0.25) is 0 Å². The number of pyridine rings is 1. The minimum Gasteiger partial charge on any atom is -0.458 e. The van der Waals surface area contributed by atoms with E-state index in [1.807, 2.05) is 0 Å². The largest absolute Gasteiger partial charge is 0.458 e. The zero-order chi connectivity index (χ0) is 14.9. The van der Waals surface area contributed by atoms with E-state index >= 15 is 0 Å². The van der Waals surface area contributed by atoms with Crippen molar-refractivity contribution >= 4 is 16.9 Å². The van der Waals surface area contributed by atoms with E-state index in [9.17, 15) is 14.4 Å². The van der Waals surface area contributed by atoms with E-state index in [1.54, 1.807) is 13.8 Å². The normalized spacial score (nSPS) is 11.6. The highest BCUT2D eigenvalue weighted by molar-refractivity contribution is 5.75. The summed E-state index contributed by atoms with van der Waals surface area (Å²) in [5.74, 6) is -0.468. The SMILES string of the molecule is CC(=O)OC(C)(C)Cn1c(=O)[nH]c2cnccc2c1=O. The molecule has 0 aromatic carbocycles. The van der Waals surface area contributed by atoms with Crippen molar-refractivity contribution in [2.75, 3.05) is 0 Å². The first-order chi connectivity index (χ1) is 9.30. The lowest BCUT2D eigenvalue weighted by Gasteiger charge is -2.24. The molecule has 0 saturated heterocycles. The number of H-pyrrole nitrogens is 1. The first-order valence-electron chi connectivity index (χ1n) is 6.06. The molecular weight excluding hydrogens is 262 g/mol. The van der Waals surface area contributed by atoms with Crippen LogP contribution in [0.2, 0.25) is 0 Å². The first kappa shape index (κ1) is 14.0. The molecule has 2 aromatic rings. The highest BCUT2D eigenvalue weighted by atomic mass is 16.6. The number of ether oxygens (including phenoxy) is 1. The van der Waals surface area contributed by atoms with Gasteiger partial charge in [-0.2, -0.15) is 0 Å². The fourth-order valence-electron chi connectivity index (χ4n) is 2.05. The van der Waals surface area contributed by atoms with Gasteiger partial charge in [0.15, 0.2) is 0 Å². The number of nitrogens with one attached hydrogen (secondary N) is 1. The van der Waals surface area contributed by atoms with E-state index in [0.29, 0.717) is 10.9 Å². The summed E-state index contributed by atoms with van der Waals surface area (Å²) in [6.07, 6.45) is 2.89. The summed E-state index contributed by atoms with van der Waals surface area (Å²) in [6.45, 7) is 4.52. The Hall–Kier alpha value is -2.44. The van der Waals surface area contributed by atoms with Gasteiger partial charge in [-0.25, -0.2) is 4.79 Å². The Kier molecular flexibility index (Phi) is 3.44. The van der Waals surface area contributed by atoms with Crippen LogP contribution in [0.4, 0.5) is 0 Å². The van der Waals surface area contributed by atoms with Crippen molar-refractivity contribution in [3.8, 4) is 0 Å². The lowest BCUT2D eigenvalue weighted by atomic mass is 10.1. The lowest BCUT2D eigenvalue weighted by Crippen LogP contribution is -2.43. The molecule has 0 unspecified atom stereocenters. The van der Waals surface area contributed by atoms with Crippen LogP contribution in [0.25, 0.3) is 10.9 Å². The van der Waals surface area contributed by atoms with Gasteiger partial charge in [0, 0.05) is 13.1 Å². The molecule has 20 heavy (non-hydrogen) atoms. The second-order valence-corrected chi connectivity index (χ2v) is 5.10. The highest BCUT2D eigenvalue weighted by Crippen LogP contribution is 2.11. The van der Waals surface area contributed by atoms with Crippen molar-refractivity contribution in [1.29, 1.82) is 0 Å². The Morgan fingerprint density at radius 1 is 1.45 bits per heavy atom. The Labute approximate surface area is 114 Å². The third-order valence-corrected chi connectivity index (χ3v) is 2.74. The van der Waals surface area contributed by atoms with E-state index in [4.69, 9.17) is 4.74 Å². The smallest absolute Gasteiger partial charge is 0.329 e. The molecule has 0 amide bonds. The molecule has 0 aliphatic carbocycles. The molecule has 106 valence electrons. The second-order valence-electron chi connectivity index (χ2n) is 5.10. The molecule has 7 nitrogen and oxygen atoms in total. The van der Waals surface area contributed by atoms with Crippen LogP contribution in [0, 0.1) is 0 Å². The Morgan fingerprint density at radius 3 is 2.80 bits per heavy atom. The van der Waals surface area contributed by atoms with Crippen molar-refractivity contribution in [1.82, 2.24) is 14.5 Å². The molecule has 2 aromatic heterocycles. The summed E-state index contributed by atoms with van der Waals surface area (Å²) in [6, 6.07) is 1.53. The number of hydrogen-bond donors (Lipinski definition) is 1. The van der Waals surface area contributed by atoms with Crippen LogP contribution < -0.4 is 11.2 Å². The summed E-state index contributed by atoms with van der Waals surface area (Å²) >= 11 is 0. The summed E-state index contributed by atoms with van der Waals surface area (Å²) < 4.78 is 6.12. The third kappa shape index (κ3) is 2.76. The van der Waals surface area contributed by atoms with E-state index < -0.39 is 22.8 Å². The molecule has 0 saturated carbocycles. The number of aromatic amines is 1. The average molecular weight is 277 g/mol. The maximum absolute atomic E-state index is 12.3. The molecule has 0 radical (unpaired) electrons. The quantitative estimate of drug-likeness (QED) is 0.821. The number of carbonyl (C=O) groups excluding carboxylic acids is 1. The van der Waals surface area contributed by atoms with E-state index in [1.165, 1.54) is 25.4 Å². The standard InChI is InChI=1S/C13H15N3O4/c1-8(17)20-13(2,3)7-16-11(18)9-4-5-14-6-10(9)15-12(16)19/h4-6H,7H2,1-3H3,(H,15,19). The van der Waals surface area contributed by atoms with Crippen molar-refractivity contribution < 1.29 is 9.53 Å². The van der Waals surface area contributed by atoms with Crippen LogP contribution in [0.15, 0.2) is 28.0 Å². The molecule has 0 aliphatic rings. The van der Waals surface area contributed by atoms with Crippen LogP contribution in [-0.4, -0.2) is 26.1 Å². The van der Waals surface area contributed by atoms with Gasteiger partial charge in [0.25, 0.3) is 5.56 Å². The monoisotopic (exact) mass is 277 g/mol. The molecule has 1 N–H and O–H groups in total.